The van der Waals surface area contributed by atoms with E-state index in [0.29, 0.717) is 0 Å². The van der Waals surface area contributed by atoms with Crippen molar-refractivity contribution in [2.24, 2.45) is 0 Å². The number of rotatable bonds is 0. The highest BCUT2D eigenvalue weighted by Crippen LogP contribution is 2.17. The Kier molecular flexibility index (Phi) is 1.42. The molecule has 0 aliphatic heterocycles. The number of aromatic nitrogens is 2. The normalized spacial score (nSPS) is 10.7. The van der Waals surface area contributed by atoms with E-state index in [1.165, 1.54) is 16.8 Å². The number of hydrogen-bond acceptors (Lipinski definition) is 1. The number of halogens is 2. The van der Waals surface area contributed by atoms with E-state index in [-0.39, 0.29) is 5.82 Å². The van der Waals surface area contributed by atoms with E-state index in [1.807, 2.05) is 6.07 Å². The van der Waals surface area contributed by atoms with Crippen molar-refractivity contribution in [1.82, 2.24) is 9.61 Å². The van der Waals surface area contributed by atoms with Crippen molar-refractivity contribution in [3.63, 3.8) is 0 Å². The Morgan fingerprint density at radius 2 is 2.36 bits per heavy atom. The molecule has 0 unspecified atom stereocenters. The Labute approximate surface area is 70.8 Å². The molecule has 0 amide bonds. The highest BCUT2D eigenvalue weighted by Gasteiger charge is 2.00. The number of nitrogens with zero attached hydrogens (tertiary/aromatic N) is 2. The summed E-state index contributed by atoms with van der Waals surface area (Å²) in [5, 5.41) is 3.89. The lowest BCUT2D eigenvalue weighted by Gasteiger charge is -1.95. The van der Waals surface area contributed by atoms with Crippen molar-refractivity contribution in [1.29, 1.82) is 0 Å². The fraction of sp³-hybridized carbons (Fsp3) is 0. The summed E-state index contributed by atoms with van der Waals surface area (Å²) in [5.74, 6) is -0.298. The van der Waals surface area contributed by atoms with E-state index in [1.54, 1.807) is 6.20 Å². The van der Waals surface area contributed by atoms with Gasteiger partial charge in [0.15, 0.2) is 0 Å². The average molecular weight is 215 g/mol. The number of fused-ring (bicyclic) bond motifs is 1. The van der Waals surface area contributed by atoms with E-state index < -0.39 is 0 Å². The maximum atomic E-state index is 12.7. The standard InChI is InChI=1S/C7H4BrFN2/c8-6-3-5(9)4-11-7(6)1-2-10-11/h1-4H. The smallest absolute Gasteiger partial charge is 0.142 e. The Morgan fingerprint density at radius 3 is 3.18 bits per heavy atom. The molecule has 11 heavy (non-hydrogen) atoms. The second-order valence-electron chi connectivity index (χ2n) is 2.17. The lowest BCUT2D eigenvalue weighted by molar-refractivity contribution is 0.613. The molecule has 0 spiro atoms. The van der Waals surface area contributed by atoms with Crippen LogP contribution in [-0.4, -0.2) is 9.61 Å². The third kappa shape index (κ3) is 1.03. The summed E-state index contributed by atoms with van der Waals surface area (Å²) >= 11 is 3.23. The first-order chi connectivity index (χ1) is 5.27. The molecule has 0 saturated heterocycles. The molecule has 56 valence electrons. The average Bonchev–Trinajstić information content (AvgIpc) is 2.34. The molecule has 0 aliphatic rings. The van der Waals surface area contributed by atoms with Gasteiger partial charge in [-0.3, -0.25) is 0 Å². The minimum atomic E-state index is -0.298. The Bertz CT molecular complexity index is 396. The summed E-state index contributed by atoms with van der Waals surface area (Å²) in [6.45, 7) is 0. The van der Waals surface area contributed by atoms with Crippen LogP contribution in [0.25, 0.3) is 5.52 Å². The van der Waals surface area contributed by atoms with Gasteiger partial charge in [-0.15, -0.1) is 0 Å². The van der Waals surface area contributed by atoms with Crippen LogP contribution in [0.4, 0.5) is 4.39 Å². The first-order valence-corrected chi connectivity index (χ1v) is 3.85. The highest BCUT2D eigenvalue weighted by atomic mass is 79.9. The topological polar surface area (TPSA) is 17.3 Å². The van der Waals surface area contributed by atoms with Gasteiger partial charge in [-0.25, -0.2) is 8.91 Å². The van der Waals surface area contributed by atoms with E-state index in [4.69, 9.17) is 0 Å². The first kappa shape index (κ1) is 6.79. The zero-order valence-electron chi connectivity index (χ0n) is 5.46. The van der Waals surface area contributed by atoms with Crippen LogP contribution in [0.5, 0.6) is 0 Å². The summed E-state index contributed by atoms with van der Waals surface area (Å²) in [6, 6.07) is 3.22. The van der Waals surface area contributed by atoms with Crippen LogP contribution in [-0.2, 0) is 0 Å². The SMILES string of the molecule is Fc1cc(Br)c2ccnn2c1. The number of hydrogen-bond donors (Lipinski definition) is 0. The summed E-state index contributed by atoms with van der Waals surface area (Å²) < 4.78 is 14.9. The maximum Gasteiger partial charge on any atom is 0.142 e. The first-order valence-electron chi connectivity index (χ1n) is 3.06. The molecule has 2 aromatic heterocycles. The van der Waals surface area contributed by atoms with Crippen LogP contribution in [0.2, 0.25) is 0 Å². The quantitative estimate of drug-likeness (QED) is 0.658. The van der Waals surface area contributed by atoms with Crippen LogP contribution in [0.1, 0.15) is 0 Å². The Hall–Kier alpha value is -0.900. The van der Waals surface area contributed by atoms with Crippen LogP contribution >= 0.6 is 15.9 Å². The van der Waals surface area contributed by atoms with Gasteiger partial charge in [0.25, 0.3) is 0 Å². The van der Waals surface area contributed by atoms with Crippen molar-refractivity contribution in [3.8, 4) is 0 Å². The van der Waals surface area contributed by atoms with E-state index >= 15 is 0 Å². The van der Waals surface area contributed by atoms with Crippen molar-refractivity contribution in [2.45, 2.75) is 0 Å². The third-order valence-electron chi connectivity index (χ3n) is 1.43. The molecule has 0 aromatic carbocycles. The lowest BCUT2D eigenvalue weighted by Crippen LogP contribution is -1.88. The molecule has 0 aliphatic carbocycles. The fourth-order valence-electron chi connectivity index (χ4n) is 0.955. The summed E-state index contributed by atoms with van der Waals surface area (Å²) in [7, 11) is 0. The molecular formula is C7H4BrFN2. The van der Waals surface area contributed by atoms with Gasteiger partial charge in [-0.2, -0.15) is 5.10 Å². The molecule has 0 radical (unpaired) electrons. The van der Waals surface area contributed by atoms with Gasteiger partial charge >= 0.3 is 0 Å². The van der Waals surface area contributed by atoms with Crippen molar-refractivity contribution < 1.29 is 4.39 Å². The van der Waals surface area contributed by atoms with E-state index in [9.17, 15) is 4.39 Å². The van der Waals surface area contributed by atoms with Gasteiger partial charge in [-0.1, -0.05) is 0 Å². The molecule has 0 bridgehead atoms. The van der Waals surface area contributed by atoms with Crippen LogP contribution < -0.4 is 0 Å². The van der Waals surface area contributed by atoms with E-state index in [2.05, 4.69) is 21.0 Å². The third-order valence-corrected chi connectivity index (χ3v) is 2.06. The van der Waals surface area contributed by atoms with Gasteiger partial charge in [0.1, 0.15) is 5.82 Å². The second kappa shape index (κ2) is 2.30. The second-order valence-corrected chi connectivity index (χ2v) is 3.02. The summed E-state index contributed by atoms with van der Waals surface area (Å²) in [6.07, 6.45) is 2.96. The number of pyridine rings is 1. The van der Waals surface area contributed by atoms with Gasteiger partial charge in [0.2, 0.25) is 0 Å². The largest absolute Gasteiger partial charge is 0.237 e. The van der Waals surface area contributed by atoms with Crippen LogP contribution in [0.15, 0.2) is 29.0 Å². The van der Waals surface area contributed by atoms with Gasteiger partial charge in [-0.05, 0) is 28.1 Å². The molecular weight excluding hydrogens is 211 g/mol. The van der Waals surface area contributed by atoms with Crippen molar-refractivity contribution >= 4 is 21.4 Å². The minimum Gasteiger partial charge on any atom is -0.237 e. The summed E-state index contributed by atoms with van der Waals surface area (Å²) in [5.41, 5.74) is 0.867. The van der Waals surface area contributed by atoms with Crippen molar-refractivity contribution in [3.05, 3.63) is 34.8 Å². The molecule has 2 rings (SSSR count). The molecule has 4 heteroatoms. The molecule has 2 aromatic rings. The predicted octanol–water partition coefficient (Wildman–Crippen LogP) is 2.24. The molecule has 0 saturated carbocycles. The highest BCUT2D eigenvalue weighted by molar-refractivity contribution is 9.10. The van der Waals surface area contributed by atoms with Crippen LogP contribution in [0.3, 0.4) is 0 Å². The molecule has 2 heterocycles. The lowest BCUT2D eigenvalue weighted by atomic mass is 10.4. The predicted molar refractivity (Wildman–Crippen MR) is 42.9 cm³/mol. The molecule has 0 fully saturated rings. The van der Waals surface area contributed by atoms with Crippen molar-refractivity contribution in [2.75, 3.05) is 0 Å². The minimum absolute atomic E-state index is 0.298. The molecule has 0 N–H and O–H groups in total. The van der Waals surface area contributed by atoms with Gasteiger partial charge in [0, 0.05) is 4.47 Å². The summed E-state index contributed by atoms with van der Waals surface area (Å²) in [4.78, 5) is 0. The monoisotopic (exact) mass is 214 g/mol. The fourth-order valence-corrected chi connectivity index (χ4v) is 1.49. The van der Waals surface area contributed by atoms with Gasteiger partial charge < -0.3 is 0 Å². The molecule has 0 atom stereocenters. The zero-order valence-corrected chi connectivity index (χ0v) is 7.05. The molecule has 2 nitrogen and oxygen atoms in total. The van der Waals surface area contributed by atoms with Crippen LogP contribution in [0, 0.1) is 5.82 Å². The Balaban J connectivity index is 2.91. The zero-order chi connectivity index (χ0) is 7.84. The van der Waals surface area contributed by atoms with Gasteiger partial charge in [0.05, 0.1) is 17.9 Å². The maximum absolute atomic E-state index is 12.7. The van der Waals surface area contributed by atoms with E-state index in [0.717, 1.165) is 9.99 Å². The Morgan fingerprint density at radius 1 is 1.55 bits per heavy atom.